The van der Waals surface area contributed by atoms with Gasteiger partial charge in [0.05, 0.1) is 0 Å². The van der Waals surface area contributed by atoms with Crippen molar-refractivity contribution in [3.8, 4) is 0 Å². The predicted octanol–water partition coefficient (Wildman–Crippen LogP) is -3.34. The first kappa shape index (κ1) is 29.2. The van der Waals surface area contributed by atoms with Crippen LogP contribution in [0.25, 0.3) is 0 Å². The molecule has 0 aromatic heterocycles. The SMILES string of the molecule is O.O.O=C(O)C(=O)O.O=C(O)C(=O)O.[Rh]. The van der Waals surface area contributed by atoms with E-state index in [1.807, 2.05) is 0 Å². The van der Waals surface area contributed by atoms with Crippen LogP contribution in [0.5, 0.6) is 0 Å². The summed E-state index contributed by atoms with van der Waals surface area (Å²) in [5.74, 6) is -7.30. The molecule has 8 N–H and O–H groups in total. The molecule has 0 fully saturated rings. The fraction of sp³-hybridized carbons (Fsp3) is 0. The van der Waals surface area contributed by atoms with Gasteiger partial charge >= 0.3 is 23.9 Å². The molecule has 0 spiro atoms. The molecule has 1 radical (unpaired) electrons. The third-order valence-corrected chi connectivity index (χ3v) is 0.366. The number of aliphatic carboxylic acids is 4. The summed E-state index contributed by atoms with van der Waals surface area (Å²) in [6, 6.07) is 0. The molecule has 0 aliphatic carbocycles. The van der Waals surface area contributed by atoms with Crippen molar-refractivity contribution < 1.29 is 70.0 Å². The van der Waals surface area contributed by atoms with Gasteiger partial charge in [0, 0.05) is 19.5 Å². The standard InChI is InChI=1S/2C2H2O4.2H2O.Rh/c2*3-1(4)2(5)6;;;/h2*(H,3,4)(H,5,6);2*1H2;. The summed E-state index contributed by atoms with van der Waals surface area (Å²) in [5.41, 5.74) is 0. The zero-order chi connectivity index (χ0) is 10.3. The van der Waals surface area contributed by atoms with Gasteiger partial charge in [-0.15, -0.1) is 0 Å². The number of hydrogen-bond acceptors (Lipinski definition) is 4. The van der Waals surface area contributed by atoms with E-state index in [-0.39, 0.29) is 30.4 Å². The second-order valence-electron chi connectivity index (χ2n) is 1.22. The van der Waals surface area contributed by atoms with E-state index in [0.29, 0.717) is 0 Å². The maximum atomic E-state index is 9.10. The molecule has 0 unspecified atom stereocenters. The summed E-state index contributed by atoms with van der Waals surface area (Å²) in [5, 5.41) is 29.6. The van der Waals surface area contributed by atoms with Crippen LogP contribution in [-0.4, -0.2) is 55.3 Å². The first-order chi connectivity index (χ1) is 5.29. The molecule has 0 rings (SSSR count). The molecule has 0 bridgehead atoms. The molecule has 0 aromatic rings. The Bertz CT molecular complexity index is 173. The molecule has 0 amide bonds. The molecule has 0 atom stereocenters. The third-order valence-electron chi connectivity index (χ3n) is 0.366. The molecule has 0 saturated heterocycles. The Morgan fingerprint density at radius 3 is 0.600 bits per heavy atom. The van der Waals surface area contributed by atoms with Gasteiger partial charge in [-0.2, -0.15) is 0 Å². The minimum atomic E-state index is -1.82. The summed E-state index contributed by atoms with van der Waals surface area (Å²) < 4.78 is 0. The van der Waals surface area contributed by atoms with Crippen LogP contribution >= 0.6 is 0 Å². The summed E-state index contributed by atoms with van der Waals surface area (Å²) >= 11 is 0. The molecule has 11 heteroatoms. The van der Waals surface area contributed by atoms with Crippen LogP contribution in [0, 0.1) is 0 Å². The van der Waals surface area contributed by atoms with E-state index in [2.05, 4.69) is 0 Å². The number of carboxylic acids is 4. The van der Waals surface area contributed by atoms with Crippen molar-refractivity contribution in [2.45, 2.75) is 0 Å². The fourth-order valence-corrected chi connectivity index (χ4v) is 0. The second-order valence-corrected chi connectivity index (χ2v) is 1.22. The van der Waals surface area contributed by atoms with Crippen molar-refractivity contribution in [3.05, 3.63) is 0 Å². The van der Waals surface area contributed by atoms with Gasteiger partial charge in [0.2, 0.25) is 0 Å². The number of hydrogen-bond donors (Lipinski definition) is 4. The van der Waals surface area contributed by atoms with Gasteiger partial charge in [-0.05, 0) is 0 Å². The Kier molecular flexibility index (Phi) is 29.0. The van der Waals surface area contributed by atoms with Crippen LogP contribution in [0.4, 0.5) is 0 Å². The number of carboxylic acid groups (broad SMARTS) is 4. The van der Waals surface area contributed by atoms with Crippen molar-refractivity contribution in [1.82, 2.24) is 0 Å². The number of rotatable bonds is 0. The minimum Gasteiger partial charge on any atom is -0.473 e. The third kappa shape index (κ3) is 32.7. The van der Waals surface area contributed by atoms with Gasteiger partial charge in [0.15, 0.2) is 0 Å². The quantitative estimate of drug-likeness (QED) is 0.261. The molecule has 15 heavy (non-hydrogen) atoms. The Hall–Kier alpha value is -1.58. The number of carbonyl (C=O) groups is 4. The van der Waals surface area contributed by atoms with Crippen LogP contribution in [0.3, 0.4) is 0 Å². The summed E-state index contributed by atoms with van der Waals surface area (Å²) in [4.78, 5) is 36.4. The summed E-state index contributed by atoms with van der Waals surface area (Å²) in [7, 11) is 0. The Labute approximate surface area is 94.5 Å². The van der Waals surface area contributed by atoms with E-state index in [4.69, 9.17) is 39.6 Å². The van der Waals surface area contributed by atoms with E-state index >= 15 is 0 Å². The smallest absolute Gasteiger partial charge is 0.414 e. The summed E-state index contributed by atoms with van der Waals surface area (Å²) in [6.45, 7) is 0. The monoisotopic (exact) mass is 319 g/mol. The van der Waals surface area contributed by atoms with E-state index in [1.165, 1.54) is 0 Å². The van der Waals surface area contributed by atoms with Gasteiger partial charge in [0.1, 0.15) is 0 Å². The molecule has 10 nitrogen and oxygen atoms in total. The summed E-state index contributed by atoms with van der Waals surface area (Å²) in [6.07, 6.45) is 0. The average Bonchev–Trinajstić information content (AvgIpc) is 1.88. The van der Waals surface area contributed by atoms with Crippen molar-refractivity contribution in [3.63, 3.8) is 0 Å². The molecule has 0 aliphatic rings. The maximum absolute atomic E-state index is 9.10. The fourth-order valence-electron chi connectivity index (χ4n) is 0. The zero-order valence-electron chi connectivity index (χ0n) is 6.76. The molecular formula is C4H8O10Rh. The van der Waals surface area contributed by atoms with Crippen LogP contribution in [0.15, 0.2) is 0 Å². The van der Waals surface area contributed by atoms with Crippen LogP contribution < -0.4 is 0 Å². The second kappa shape index (κ2) is 14.9. The van der Waals surface area contributed by atoms with Gasteiger partial charge in [-0.25, -0.2) is 19.2 Å². The predicted molar refractivity (Wildman–Crippen MR) is 37.8 cm³/mol. The Balaban J connectivity index is -0.0000000370. The first-order valence-electron chi connectivity index (χ1n) is 2.21. The minimum absolute atomic E-state index is 0. The Morgan fingerprint density at radius 1 is 0.533 bits per heavy atom. The van der Waals surface area contributed by atoms with Crippen LogP contribution in [-0.2, 0) is 38.7 Å². The van der Waals surface area contributed by atoms with Gasteiger partial charge < -0.3 is 31.4 Å². The van der Waals surface area contributed by atoms with Crippen LogP contribution in [0.1, 0.15) is 0 Å². The molecule has 0 aromatic carbocycles. The maximum Gasteiger partial charge on any atom is 0.414 e. The largest absolute Gasteiger partial charge is 0.473 e. The first-order valence-corrected chi connectivity index (χ1v) is 2.21. The Morgan fingerprint density at radius 2 is 0.600 bits per heavy atom. The molecule has 93 valence electrons. The molecule has 0 heterocycles. The molecule has 0 saturated carbocycles. The van der Waals surface area contributed by atoms with E-state index in [9.17, 15) is 0 Å². The van der Waals surface area contributed by atoms with Gasteiger partial charge in [-0.3, -0.25) is 0 Å². The zero-order valence-corrected chi connectivity index (χ0v) is 8.39. The van der Waals surface area contributed by atoms with Gasteiger partial charge in [0.25, 0.3) is 0 Å². The molecular weight excluding hydrogens is 311 g/mol. The van der Waals surface area contributed by atoms with E-state index in [1.54, 1.807) is 0 Å². The van der Waals surface area contributed by atoms with Crippen molar-refractivity contribution in [2.24, 2.45) is 0 Å². The van der Waals surface area contributed by atoms with Crippen LogP contribution in [0.2, 0.25) is 0 Å². The van der Waals surface area contributed by atoms with Gasteiger partial charge in [-0.1, -0.05) is 0 Å². The topological polar surface area (TPSA) is 212 Å². The van der Waals surface area contributed by atoms with Crippen molar-refractivity contribution >= 4 is 23.9 Å². The van der Waals surface area contributed by atoms with E-state index in [0.717, 1.165) is 0 Å². The van der Waals surface area contributed by atoms with Crippen molar-refractivity contribution in [1.29, 1.82) is 0 Å². The average molecular weight is 319 g/mol. The normalized spacial score (nSPS) is 5.87. The van der Waals surface area contributed by atoms with E-state index < -0.39 is 23.9 Å². The molecule has 0 aliphatic heterocycles. The van der Waals surface area contributed by atoms with Crippen molar-refractivity contribution in [2.75, 3.05) is 0 Å².